The summed E-state index contributed by atoms with van der Waals surface area (Å²) in [4.78, 5) is 33.1. The molecule has 2 aromatic carbocycles. The molecule has 0 spiro atoms. The number of nitrogens with zero attached hydrogens (tertiary/aromatic N) is 3. The molecule has 0 bridgehead atoms. The number of benzene rings is 2. The monoisotopic (exact) mass is 680 g/mol. The van der Waals surface area contributed by atoms with Crippen LogP contribution in [0.4, 0.5) is 37.8 Å². The van der Waals surface area contributed by atoms with Gasteiger partial charge in [-0.05, 0) is 73.0 Å². The van der Waals surface area contributed by atoms with Gasteiger partial charge >= 0.3 is 18.5 Å². The molecule has 258 valence electrons. The predicted molar refractivity (Wildman–Crippen MR) is 163 cm³/mol. The van der Waals surface area contributed by atoms with Gasteiger partial charge < -0.3 is 24.4 Å². The van der Waals surface area contributed by atoms with Gasteiger partial charge in [0.15, 0.2) is 5.60 Å². The minimum absolute atomic E-state index is 0.0526. The molecule has 2 aliphatic heterocycles. The van der Waals surface area contributed by atoms with E-state index in [1.54, 1.807) is 24.3 Å². The number of pyridine rings is 1. The van der Waals surface area contributed by atoms with Crippen LogP contribution in [-0.2, 0) is 20.8 Å². The van der Waals surface area contributed by atoms with Crippen molar-refractivity contribution in [3.8, 4) is 16.9 Å². The molecule has 0 unspecified atom stereocenters. The van der Waals surface area contributed by atoms with E-state index in [1.807, 2.05) is 0 Å². The van der Waals surface area contributed by atoms with Crippen LogP contribution in [0.15, 0.2) is 60.8 Å². The number of ether oxygens (including phenoxy) is 3. The van der Waals surface area contributed by atoms with E-state index in [1.165, 1.54) is 43.5 Å². The SMILES string of the molecule is COC(=O)C1(OC)CCN(c2ccc(C(=O)Nc3cc(CN4CCC[C@H]4C(F)(F)F)c(-c4ccc(OC(F)(F)F)cc4)cn3)cc2)CC1. The number of nitrogens with one attached hydrogen (secondary N) is 1. The Balaban J connectivity index is 1.33. The van der Waals surface area contributed by atoms with E-state index in [4.69, 9.17) is 9.47 Å². The third-order valence-electron chi connectivity index (χ3n) is 8.76. The summed E-state index contributed by atoms with van der Waals surface area (Å²) in [5.41, 5.74) is 1.36. The highest BCUT2D eigenvalue weighted by Crippen LogP contribution is 2.36. The first kappa shape index (κ1) is 35.0. The lowest BCUT2D eigenvalue weighted by atomic mass is 9.91. The van der Waals surface area contributed by atoms with Crippen molar-refractivity contribution in [2.45, 2.75) is 56.4 Å². The van der Waals surface area contributed by atoms with Gasteiger partial charge in [-0.25, -0.2) is 9.78 Å². The number of amides is 1. The lowest BCUT2D eigenvalue weighted by Crippen LogP contribution is -2.51. The predicted octanol–water partition coefficient (Wildman–Crippen LogP) is 6.58. The largest absolute Gasteiger partial charge is 0.573 e. The van der Waals surface area contributed by atoms with Crippen molar-refractivity contribution >= 4 is 23.4 Å². The second-order valence-corrected chi connectivity index (χ2v) is 11.6. The van der Waals surface area contributed by atoms with E-state index in [-0.39, 0.29) is 25.3 Å². The summed E-state index contributed by atoms with van der Waals surface area (Å²) in [6.45, 7) is 1.12. The number of likely N-dealkylation sites (tertiary alicyclic amines) is 1. The van der Waals surface area contributed by atoms with Gasteiger partial charge in [0.25, 0.3) is 5.91 Å². The molecule has 9 nitrogen and oxygen atoms in total. The number of methoxy groups -OCH3 is 2. The second-order valence-electron chi connectivity index (χ2n) is 11.6. The molecule has 1 aromatic heterocycles. The number of halogens is 6. The topological polar surface area (TPSA) is 93.2 Å². The molecule has 2 fully saturated rings. The minimum atomic E-state index is -4.88. The summed E-state index contributed by atoms with van der Waals surface area (Å²) in [6.07, 6.45) is -6.80. The highest BCUT2D eigenvalue weighted by molar-refractivity contribution is 6.04. The van der Waals surface area contributed by atoms with Gasteiger partial charge in [-0.2, -0.15) is 13.2 Å². The van der Waals surface area contributed by atoms with Crippen molar-refractivity contribution in [1.29, 1.82) is 0 Å². The Kier molecular flexibility index (Phi) is 10.2. The first-order valence-electron chi connectivity index (χ1n) is 15.2. The molecular weight excluding hydrogens is 646 g/mol. The number of aromatic nitrogens is 1. The van der Waals surface area contributed by atoms with Crippen LogP contribution in [0.1, 0.15) is 41.6 Å². The van der Waals surface area contributed by atoms with Gasteiger partial charge in [-0.3, -0.25) is 9.69 Å². The lowest BCUT2D eigenvalue weighted by molar-refractivity contribution is -0.274. The number of esters is 1. The van der Waals surface area contributed by atoms with Crippen LogP contribution in [-0.4, -0.2) is 79.8 Å². The van der Waals surface area contributed by atoms with Crippen molar-refractivity contribution in [1.82, 2.24) is 9.88 Å². The van der Waals surface area contributed by atoms with Crippen LogP contribution in [0.25, 0.3) is 11.1 Å². The smallest absolute Gasteiger partial charge is 0.467 e. The number of anilines is 2. The number of alkyl halides is 6. The average molecular weight is 681 g/mol. The van der Waals surface area contributed by atoms with Crippen LogP contribution in [0, 0.1) is 0 Å². The molecule has 0 aliphatic carbocycles. The Morgan fingerprint density at radius 1 is 0.958 bits per heavy atom. The Labute approximate surface area is 272 Å². The number of hydrogen-bond acceptors (Lipinski definition) is 8. The molecular formula is C33H34F6N4O5. The summed E-state index contributed by atoms with van der Waals surface area (Å²) in [7, 11) is 2.80. The average Bonchev–Trinajstić information content (AvgIpc) is 3.53. The summed E-state index contributed by atoms with van der Waals surface area (Å²) in [5.74, 6) is -1.27. The van der Waals surface area contributed by atoms with Crippen LogP contribution in [0.3, 0.4) is 0 Å². The fraction of sp³-hybridized carbons (Fsp3) is 0.424. The molecule has 15 heteroatoms. The Morgan fingerprint density at radius 3 is 2.21 bits per heavy atom. The number of carbonyl (C=O) groups is 2. The Hall–Kier alpha value is -4.37. The first-order valence-corrected chi connectivity index (χ1v) is 15.2. The van der Waals surface area contributed by atoms with E-state index >= 15 is 0 Å². The van der Waals surface area contributed by atoms with Crippen molar-refractivity contribution in [3.05, 3.63) is 71.9 Å². The molecule has 1 atom stereocenters. The molecule has 1 N–H and O–H groups in total. The second kappa shape index (κ2) is 14.0. The molecule has 48 heavy (non-hydrogen) atoms. The van der Waals surface area contributed by atoms with Crippen molar-refractivity contribution in [3.63, 3.8) is 0 Å². The lowest BCUT2D eigenvalue weighted by Gasteiger charge is -2.39. The standard InChI is InChI=1S/C33H34F6N4O5/c1-46-30(45)31(47-2)13-16-42(17-14-31)24-9-5-22(6-10-24)29(44)41-28-18-23(20-43-15-3-4-27(43)32(34,35)36)26(19-40-28)21-7-11-25(12-8-21)48-33(37,38)39/h5-12,18-19,27H,3-4,13-17,20H2,1-2H3,(H,40,41,44)/t27-/m0/s1. The molecule has 2 saturated heterocycles. The summed E-state index contributed by atoms with van der Waals surface area (Å²) >= 11 is 0. The van der Waals surface area contributed by atoms with Crippen molar-refractivity contribution in [2.75, 3.05) is 44.1 Å². The third-order valence-corrected chi connectivity index (χ3v) is 8.76. The number of rotatable bonds is 9. The highest BCUT2D eigenvalue weighted by Gasteiger charge is 2.46. The molecule has 1 amide bonds. The van der Waals surface area contributed by atoms with E-state index in [0.717, 1.165) is 17.8 Å². The number of hydrogen-bond donors (Lipinski definition) is 1. The van der Waals surface area contributed by atoms with E-state index in [9.17, 15) is 35.9 Å². The van der Waals surface area contributed by atoms with Crippen molar-refractivity contribution in [2.24, 2.45) is 0 Å². The van der Waals surface area contributed by atoms with Gasteiger partial charge in [-0.15, -0.1) is 13.2 Å². The maximum atomic E-state index is 13.8. The number of piperidine rings is 1. The van der Waals surface area contributed by atoms with Gasteiger partial charge in [0.1, 0.15) is 17.6 Å². The fourth-order valence-corrected chi connectivity index (χ4v) is 6.21. The minimum Gasteiger partial charge on any atom is -0.467 e. The van der Waals surface area contributed by atoms with E-state index in [0.29, 0.717) is 54.6 Å². The molecule has 2 aliphatic rings. The molecule has 3 heterocycles. The molecule has 5 rings (SSSR count). The third kappa shape index (κ3) is 8.01. The van der Waals surface area contributed by atoms with Crippen LogP contribution >= 0.6 is 0 Å². The van der Waals surface area contributed by atoms with Gasteiger partial charge in [0, 0.05) is 62.6 Å². The zero-order valence-electron chi connectivity index (χ0n) is 26.2. The van der Waals surface area contributed by atoms with Gasteiger partial charge in [-0.1, -0.05) is 12.1 Å². The van der Waals surface area contributed by atoms with Crippen molar-refractivity contribution < 1.29 is 50.1 Å². The first-order chi connectivity index (χ1) is 22.7. The fourth-order valence-electron chi connectivity index (χ4n) is 6.21. The zero-order chi connectivity index (χ0) is 34.7. The zero-order valence-corrected chi connectivity index (χ0v) is 26.2. The summed E-state index contributed by atoms with van der Waals surface area (Å²) in [6, 6.07) is 11.6. The quantitative estimate of drug-likeness (QED) is 0.200. The highest BCUT2D eigenvalue weighted by atomic mass is 19.4. The van der Waals surface area contributed by atoms with Crippen LogP contribution < -0.4 is 15.0 Å². The maximum Gasteiger partial charge on any atom is 0.573 e. The summed E-state index contributed by atoms with van der Waals surface area (Å²) in [5, 5.41) is 2.70. The normalized spacial score (nSPS) is 18.4. The van der Waals surface area contributed by atoms with E-state index < -0.39 is 41.8 Å². The Morgan fingerprint density at radius 2 is 1.62 bits per heavy atom. The number of carbonyl (C=O) groups excluding carboxylic acids is 2. The van der Waals surface area contributed by atoms with E-state index in [2.05, 4.69) is 19.9 Å². The Bertz CT molecular complexity index is 1590. The van der Waals surface area contributed by atoms with Gasteiger partial charge in [0.05, 0.1) is 7.11 Å². The van der Waals surface area contributed by atoms with Crippen LogP contribution in [0.5, 0.6) is 5.75 Å². The maximum absolute atomic E-state index is 13.8. The molecule has 0 radical (unpaired) electrons. The van der Waals surface area contributed by atoms with Gasteiger partial charge in [0.2, 0.25) is 0 Å². The molecule has 3 aromatic rings. The van der Waals surface area contributed by atoms with Crippen LogP contribution in [0.2, 0.25) is 0 Å². The molecule has 0 saturated carbocycles. The summed E-state index contributed by atoms with van der Waals surface area (Å²) < 4.78 is 93.6.